The van der Waals surface area contributed by atoms with E-state index in [0.717, 1.165) is 11.2 Å². The first-order valence-corrected chi connectivity index (χ1v) is 40.6. The third kappa shape index (κ3) is 17.0. The third-order valence-corrected chi connectivity index (χ3v) is 22.8. The summed E-state index contributed by atoms with van der Waals surface area (Å²) in [6.45, 7) is 11.4. The molecule has 0 spiro atoms. The maximum Gasteiger partial charge on any atom is 0.210 e. The molecule has 17 aromatic rings. The van der Waals surface area contributed by atoms with Gasteiger partial charge in [-0.25, -0.2) is 60.0 Å². The van der Waals surface area contributed by atoms with E-state index in [1.54, 1.807) is 72.6 Å². The number of ether oxygens (including phenoxy) is 2. The molecule has 0 bridgehead atoms. The van der Waals surface area contributed by atoms with Gasteiger partial charge in [0, 0.05) is 19.5 Å². The van der Waals surface area contributed by atoms with Gasteiger partial charge in [-0.2, -0.15) is 10.2 Å². The number of hydrogen-bond donors (Lipinski definition) is 2. The van der Waals surface area contributed by atoms with Crippen LogP contribution in [0.4, 0.5) is 42.4 Å². The Kier molecular flexibility index (Phi) is 25.6. The van der Waals surface area contributed by atoms with Gasteiger partial charge in [-0.3, -0.25) is 24.0 Å². The molecular weight excluding hydrogens is 1940 g/mol. The minimum atomic E-state index is -0.715. The number of morpholine rings is 1. The first kappa shape index (κ1) is 85.6. The Bertz CT molecular complexity index is 7270. The standard InChI is InChI=1S/C26H20F2IN5O3.C22H14F2IN5O2.C17H13F2NO2.C11H8BrFO2.C11H9BrO3/c1-14(34-26-21(24(29)32-34)25(30-13-31-26)33-8-10-36-11-9-33)23-19(15-4-2-5-16(27)12-15)22(35)20-17(28)6-3-7-18(20)37-23;1-10(30-22-17(20(25)29-30)21(26)27-9-28-22)19-15(11-4-2-5-12(23)8-11)18(31)16-13(24)6-3-7-14(16)32-19;1-9(20)17-14(10-4-2-5-11(18)8-10)16(21)15-12(19)6-3-7-13(15)22-17;1-2-7-10(12)11(14)9-6(13)4-3-5-8(9)15-7;1-6-10(12)11(13)9-7(14-2)4-3-5-8(9)15-6/h2-7,12-14H,8-11H2,1H3;2-10H,1H3,(H2,26,27,28);2-9H,20H2,1H3;3-5H,2H2,1H3;3-5H,1-2H3. The Morgan fingerprint density at radius 1 is 0.471 bits per heavy atom. The second kappa shape index (κ2) is 36.2. The third-order valence-electron chi connectivity index (χ3n) is 19.6. The van der Waals surface area contributed by atoms with E-state index in [-0.39, 0.29) is 100 Å². The Balaban J connectivity index is 0.000000129. The van der Waals surface area contributed by atoms with Crippen molar-refractivity contribution < 1.29 is 62.3 Å². The van der Waals surface area contributed by atoms with Gasteiger partial charge in [0.1, 0.15) is 183 Å². The fraction of sp³-hybridized carbons (Fsp3) is 0.161. The van der Waals surface area contributed by atoms with Crippen LogP contribution in [0.5, 0.6) is 5.75 Å². The molecule has 8 aromatic carbocycles. The smallest absolute Gasteiger partial charge is 0.210 e. The number of nitrogens with two attached hydrogens (primary N) is 2. The summed E-state index contributed by atoms with van der Waals surface area (Å²) in [5.41, 5.74) is 12.9. The molecule has 23 nitrogen and oxygen atoms in total. The number of aryl methyl sites for hydroxylation is 2. The SMILES string of the molecule is CC(N)c1oc2cccc(F)c2c(=O)c1-c1cccc(F)c1.CC(c1oc2cccc(F)c2c(=O)c1-c1cccc(F)c1)n1nc(I)c2c(N)ncnc21.CC(c1oc2cccc(F)c2c(=O)c1-c1cccc(F)c1)n1nc(I)c2c(N3CCOCC3)ncnc21.CCc1oc2cccc(F)c2c(=O)c1Br.COc1cccc2oc(C)c(Br)c(=O)c12. The molecule has 1 aliphatic heterocycles. The summed E-state index contributed by atoms with van der Waals surface area (Å²) in [5.74, 6) is -0.926. The number of anilines is 2. The van der Waals surface area contributed by atoms with Crippen molar-refractivity contribution >= 4 is 166 Å². The van der Waals surface area contributed by atoms with Crippen LogP contribution in [0.2, 0.25) is 0 Å². The van der Waals surface area contributed by atoms with E-state index in [4.69, 9.17) is 48.1 Å². The minimum Gasteiger partial charge on any atom is -0.496 e. The summed E-state index contributed by atoms with van der Waals surface area (Å²) >= 11 is 10.5. The Morgan fingerprint density at radius 3 is 1.29 bits per heavy atom. The van der Waals surface area contributed by atoms with Gasteiger partial charge >= 0.3 is 0 Å². The lowest BCUT2D eigenvalue weighted by atomic mass is 9.99. The maximum atomic E-state index is 14.7. The van der Waals surface area contributed by atoms with E-state index in [1.807, 2.05) is 36.4 Å². The van der Waals surface area contributed by atoms with Crippen LogP contribution in [-0.2, 0) is 11.2 Å². The lowest BCUT2D eigenvalue weighted by molar-refractivity contribution is 0.122. The van der Waals surface area contributed by atoms with E-state index in [9.17, 15) is 54.7 Å². The molecular formula is C87H64Br2F7I2N11O12. The predicted molar refractivity (Wildman–Crippen MR) is 468 cm³/mol. The van der Waals surface area contributed by atoms with Gasteiger partial charge in [-0.05, 0) is 218 Å². The van der Waals surface area contributed by atoms with E-state index in [0.29, 0.717) is 105 Å². The average Bonchev–Trinajstić information content (AvgIpc) is 1.37. The van der Waals surface area contributed by atoms with Crippen LogP contribution < -0.4 is 48.2 Å². The molecule has 3 unspecified atom stereocenters. The van der Waals surface area contributed by atoms with Crippen molar-refractivity contribution in [2.75, 3.05) is 44.0 Å². The lowest BCUT2D eigenvalue weighted by Crippen LogP contribution is -2.37. The zero-order valence-electron chi connectivity index (χ0n) is 64.2. The number of aromatic nitrogens is 8. The quantitative estimate of drug-likeness (QED) is 0.0897. The molecule has 0 aliphatic carbocycles. The second-order valence-corrected chi connectivity index (χ2v) is 30.8. The number of rotatable bonds is 11. The van der Waals surface area contributed by atoms with Gasteiger partial charge in [0.05, 0.1) is 53.8 Å². The van der Waals surface area contributed by atoms with E-state index < -0.39 is 75.1 Å². The van der Waals surface area contributed by atoms with Gasteiger partial charge < -0.3 is 47.9 Å². The molecule has 3 atom stereocenters. The van der Waals surface area contributed by atoms with Crippen LogP contribution in [0.3, 0.4) is 0 Å². The van der Waals surface area contributed by atoms with Crippen molar-refractivity contribution in [3.8, 4) is 39.1 Å². The lowest BCUT2D eigenvalue weighted by Gasteiger charge is -2.28. The van der Waals surface area contributed by atoms with Gasteiger partial charge in [0.15, 0.2) is 11.3 Å². The number of nitrogen functional groups attached to an aromatic ring is 1. The number of fused-ring (bicyclic) bond motifs is 7. The highest BCUT2D eigenvalue weighted by atomic mass is 127. The van der Waals surface area contributed by atoms with Crippen molar-refractivity contribution in [3.63, 3.8) is 0 Å². The van der Waals surface area contributed by atoms with Gasteiger partial charge in [-0.15, -0.1) is 0 Å². The molecule has 9 aromatic heterocycles. The fourth-order valence-corrected chi connectivity index (χ4v) is 16.2. The van der Waals surface area contributed by atoms with Crippen molar-refractivity contribution in [2.45, 2.75) is 59.2 Å². The van der Waals surface area contributed by atoms with Crippen LogP contribution in [-0.4, -0.2) is 72.9 Å². The summed E-state index contributed by atoms with van der Waals surface area (Å²) in [4.78, 5) is 83.0. The van der Waals surface area contributed by atoms with Crippen LogP contribution in [0.25, 0.3) is 110 Å². The topological polar surface area (TPSA) is 312 Å². The zero-order valence-corrected chi connectivity index (χ0v) is 71.7. The second-order valence-electron chi connectivity index (χ2n) is 27.2. The molecule has 0 amide bonds. The summed E-state index contributed by atoms with van der Waals surface area (Å²) in [6, 6.07) is 36.9. The molecule has 121 heavy (non-hydrogen) atoms. The number of hydrogen-bond acceptors (Lipinski definition) is 21. The molecule has 1 aliphatic rings. The highest BCUT2D eigenvalue weighted by Crippen LogP contribution is 2.39. The number of halogens is 11. The van der Waals surface area contributed by atoms with E-state index in [1.165, 1.54) is 141 Å². The molecule has 616 valence electrons. The molecule has 18 rings (SSSR count). The van der Waals surface area contributed by atoms with E-state index >= 15 is 0 Å². The number of benzene rings is 8. The highest BCUT2D eigenvalue weighted by Gasteiger charge is 2.32. The Morgan fingerprint density at radius 2 is 0.851 bits per heavy atom. The van der Waals surface area contributed by atoms with Crippen LogP contribution >= 0.6 is 77.0 Å². The largest absolute Gasteiger partial charge is 0.496 e. The van der Waals surface area contributed by atoms with Crippen LogP contribution in [0.1, 0.15) is 74.6 Å². The van der Waals surface area contributed by atoms with Crippen molar-refractivity contribution in [3.05, 3.63) is 313 Å². The van der Waals surface area contributed by atoms with Gasteiger partial charge in [0.25, 0.3) is 0 Å². The zero-order chi connectivity index (χ0) is 86.1. The first-order chi connectivity index (χ1) is 58.1. The van der Waals surface area contributed by atoms with Gasteiger partial charge in [-0.1, -0.05) is 73.7 Å². The molecule has 10 heterocycles. The highest BCUT2D eigenvalue weighted by molar-refractivity contribution is 14.1. The molecule has 4 N–H and O–H groups in total. The summed E-state index contributed by atoms with van der Waals surface area (Å²) < 4.78 is 143. The van der Waals surface area contributed by atoms with Gasteiger partial charge in [0.2, 0.25) is 27.1 Å². The predicted octanol–water partition coefficient (Wildman–Crippen LogP) is 19.5. The Labute approximate surface area is 723 Å². The summed E-state index contributed by atoms with van der Waals surface area (Å²) in [5, 5.41) is 10.5. The molecule has 1 saturated heterocycles. The number of nitrogens with zero attached hydrogens (tertiary/aromatic N) is 9. The number of methoxy groups -OCH3 is 1. The molecule has 1 fully saturated rings. The summed E-state index contributed by atoms with van der Waals surface area (Å²) in [6.07, 6.45) is 3.38. The Hall–Kier alpha value is -11.8. The van der Waals surface area contributed by atoms with Crippen molar-refractivity contribution in [1.82, 2.24) is 39.5 Å². The average molecular weight is 2000 g/mol. The fourth-order valence-electron chi connectivity index (χ4n) is 13.9. The van der Waals surface area contributed by atoms with Crippen molar-refractivity contribution in [1.29, 1.82) is 0 Å². The molecule has 0 saturated carbocycles. The maximum absolute atomic E-state index is 14.7. The molecule has 0 radical (unpaired) electrons. The monoisotopic (exact) mass is 2000 g/mol. The van der Waals surface area contributed by atoms with Crippen LogP contribution in [0.15, 0.2) is 231 Å². The van der Waals surface area contributed by atoms with Crippen LogP contribution in [0, 0.1) is 55.0 Å². The van der Waals surface area contributed by atoms with E-state index in [2.05, 4.69) is 84.4 Å². The first-order valence-electron chi connectivity index (χ1n) is 36.9. The normalized spacial score (nSPS) is 12.8. The van der Waals surface area contributed by atoms with Crippen molar-refractivity contribution in [2.24, 2.45) is 5.73 Å². The summed E-state index contributed by atoms with van der Waals surface area (Å²) in [7, 11) is 1.53. The molecule has 34 heteroatoms. The minimum absolute atomic E-state index is 0.00146.